The number of hydrogen-bond donors (Lipinski definition) is 2. The van der Waals surface area contributed by atoms with Gasteiger partial charge in [0, 0.05) is 11.6 Å². The van der Waals surface area contributed by atoms with E-state index in [-0.39, 0.29) is 30.1 Å². The normalized spacial score (nSPS) is 21.4. The first kappa shape index (κ1) is 11.7. The predicted molar refractivity (Wildman–Crippen MR) is 59.5 cm³/mol. The average molecular weight is 236 g/mol. The number of carbonyl (C=O) groups is 2. The highest BCUT2D eigenvalue weighted by atomic mass is 19.1. The fourth-order valence-electron chi connectivity index (χ4n) is 1.91. The maximum absolute atomic E-state index is 13.5. The zero-order valence-electron chi connectivity index (χ0n) is 9.37. The summed E-state index contributed by atoms with van der Waals surface area (Å²) in [6, 6.07) is 5.47. The summed E-state index contributed by atoms with van der Waals surface area (Å²) in [4.78, 5) is 22.4. The molecule has 1 aromatic rings. The zero-order chi connectivity index (χ0) is 12.4. The van der Waals surface area contributed by atoms with Gasteiger partial charge in [0.05, 0.1) is 12.5 Å². The van der Waals surface area contributed by atoms with Crippen molar-refractivity contribution in [3.8, 4) is 0 Å². The van der Waals surface area contributed by atoms with Crippen LogP contribution in [-0.4, -0.2) is 17.9 Å². The topological polar surface area (TPSA) is 58.2 Å². The Morgan fingerprint density at radius 2 is 2.12 bits per heavy atom. The van der Waals surface area contributed by atoms with Crippen LogP contribution in [0.4, 0.5) is 4.39 Å². The molecule has 1 aliphatic heterocycles. The van der Waals surface area contributed by atoms with E-state index in [2.05, 4.69) is 10.6 Å². The molecule has 1 heterocycles. The lowest BCUT2D eigenvalue weighted by atomic mass is 10.1. The molecule has 1 saturated heterocycles. The standard InChI is InChI=1S/C12H13FN2O2/c1-7(8-4-2-3-5-9(8)13)14-10-6-11(16)15-12(10)17/h2-5,7,10,14H,6H2,1H3,(H,15,16,17)/t7-,10?/m1/s1. The van der Waals surface area contributed by atoms with Crippen LogP contribution >= 0.6 is 0 Å². The largest absolute Gasteiger partial charge is 0.299 e. The van der Waals surface area contributed by atoms with Crippen molar-refractivity contribution < 1.29 is 14.0 Å². The van der Waals surface area contributed by atoms with E-state index >= 15 is 0 Å². The molecule has 0 aromatic heterocycles. The average Bonchev–Trinajstić information content (AvgIpc) is 2.58. The lowest BCUT2D eigenvalue weighted by Crippen LogP contribution is -2.38. The molecule has 0 radical (unpaired) electrons. The summed E-state index contributed by atoms with van der Waals surface area (Å²) >= 11 is 0. The smallest absolute Gasteiger partial charge is 0.244 e. The van der Waals surface area contributed by atoms with Gasteiger partial charge < -0.3 is 0 Å². The molecule has 1 aromatic carbocycles. The van der Waals surface area contributed by atoms with Crippen molar-refractivity contribution in [2.24, 2.45) is 0 Å². The monoisotopic (exact) mass is 236 g/mol. The minimum absolute atomic E-state index is 0.109. The summed E-state index contributed by atoms with van der Waals surface area (Å²) in [7, 11) is 0. The van der Waals surface area contributed by atoms with Crippen LogP contribution in [0.5, 0.6) is 0 Å². The predicted octanol–water partition coefficient (Wildman–Crippen LogP) is 0.891. The molecule has 0 aliphatic carbocycles. The molecular weight excluding hydrogens is 223 g/mol. The van der Waals surface area contributed by atoms with E-state index in [0.29, 0.717) is 5.56 Å². The van der Waals surface area contributed by atoms with E-state index in [4.69, 9.17) is 0 Å². The van der Waals surface area contributed by atoms with Crippen molar-refractivity contribution in [3.05, 3.63) is 35.6 Å². The Bertz CT molecular complexity index is 462. The second-order valence-corrected chi connectivity index (χ2v) is 4.08. The molecule has 5 heteroatoms. The molecule has 0 saturated carbocycles. The number of hydrogen-bond acceptors (Lipinski definition) is 3. The third kappa shape index (κ3) is 2.50. The van der Waals surface area contributed by atoms with Gasteiger partial charge in [-0.3, -0.25) is 20.2 Å². The molecule has 2 rings (SSSR count). The molecule has 4 nitrogen and oxygen atoms in total. The SMILES string of the molecule is C[C@@H](NC1CC(=O)NC1=O)c1ccccc1F. The van der Waals surface area contributed by atoms with Gasteiger partial charge in [-0.2, -0.15) is 0 Å². The fraction of sp³-hybridized carbons (Fsp3) is 0.333. The molecule has 1 aliphatic rings. The van der Waals surface area contributed by atoms with Crippen molar-refractivity contribution in [2.75, 3.05) is 0 Å². The molecule has 90 valence electrons. The Balaban J connectivity index is 2.07. The number of carbonyl (C=O) groups excluding carboxylic acids is 2. The number of halogens is 1. The Labute approximate surface area is 98.2 Å². The molecule has 0 bridgehead atoms. The maximum Gasteiger partial charge on any atom is 0.244 e. The zero-order valence-corrected chi connectivity index (χ0v) is 9.37. The van der Waals surface area contributed by atoms with Crippen LogP contribution in [0.2, 0.25) is 0 Å². The lowest BCUT2D eigenvalue weighted by Gasteiger charge is -2.17. The molecule has 1 fully saturated rings. The van der Waals surface area contributed by atoms with E-state index < -0.39 is 6.04 Å². The van der Waals surface area contributed by atoms with Crippen molar-refractivity contribution in [2.45, 2.75) is 25.4 Å². The van der Waals surface area contributed by atoms with Crippen LogP contribution in [0.25, 0.3) is 0 Å². The summed E-state index contributed by atoms with van der Waals surface area (Å²) < 4.78 is 13.5. The molecule has 1 unspecified atom stereocenters. The van der Waals surface area contributed by atoms with E-state index in [0.717, 1.165) is 0 Å². The molecule has 2 N–H and O–H groups in total. The quantitative estimate of drug-likeness (QED) is 0.766. The number of nitrogens with one attached hydrogen (secondary N) is 2. The first-order valence-corrected chi connectivity index (χ1v) is 5.42. The van der Waals surface area contributed by atoms with Gasteiger partial charge in [0.15, 0.2) is 0 Å². The van der Waals surface area contributed by atoms with E-state index in [1.807, 2.05) is 0 Å². The number of amides is 2. The number of imide groups is 1. The second-order valence-electron chi connectivity index (χ2n) is 4.08. The van der Waals surface area contributed by atoms with Crippen molar-refractivity contribution >= 4 is 11.8 Å². The van der Waals surface area contributed by atoms with E-state index in [1.54, 1.807) is 25.1 Å². The maximum atomic E-state index is 13.5. The molecule has 17 heavy (non-hydrogen) atoms. The van der Waals surface area contributed by atoms with Crippen LogP contribution < -0.4 is 10.6 Å². The molecule has 2 amide bonds. The number of benzene rings is 1. The number of rotatable bonds is 3. The molecule has 0 spiro atoms. The van der Waals surface area contributed by atoms with Crippen LogP contribution in [0.1, 0.15) is 24.9 Å². The van der Waals surface area contributed by atoms with Gasteiger partial charge in [0.1, 0.15) is 5.82 Å². The Kier molecular flexibility index (Phi) is 3.19. The van der Waals surface area contributed by atoms with Crippen molar-refractivity contribution in [1.29, 1.82) is 0 Å². The van der Waals surface area contributed by atoms with Crippen molar-refractivity contribution in [1.82, 2.24) is 10.6 Å². The fourth-order valence-corrected chi connectivity index (χ4v) is 1.91. The third-order valence-corrected chi connectivity index (χ3v) is 2.79. The summed E-state index contributed by atoms with van der Waals surface area (Å²) in [6.07, 6.45) is 0.109. The summed E-state index contributed by atoms with van der Waals surface area (Å²) in [5, 5.41) is 5.15. The Morgan fingerprint density at radius 1 is 1.41 bits per heavy atom. The van der Waals surface area contributed by atoms with E-state index in [1.165, 1.54) is 6.07 Å². The Morgan fingerprint density at radius 3 is 2.71 bits per heavy atom. The van der Waals surface area contributed by atoms with Crippen LogP contribution in [-0.2, 0) is 9.59 Å². The highest BCUT2D eigenvalue weighted by Gasteiger charge is 2.31. The van der Waals surface area contributed by atoms with Crippen LogP contribution in [0, 0.1) is 5.82 Å². The van der Waals surface area contributed by atoms with Gasteiger partial charge in [-0.1, -0.05) is 18.2 Å². The first-order valence-electron chi connectivity index (χ1n) is 5.42. The van der Waals surface area contributed by atoms with Gasteiger partial charge in [-0.05, 0) is 13.0 Å². The summed E-state index contributed by atoms with van der Waals surface area (Å²) in [6.45, 7) is 1.76. The Hall–Kier alpha value is -1.75. The third-order valence-electron chi connectivity index (χ3n) is 2.79. The van der Waals surface area contributed by atoms with Crippen LogP contribution in [0.15, 0.2) is 24.3 Å². The first-order chi connectivity index (χ1) is 8.08. The van der Waals surface area contributed by atoms with Gasteiger partial charge in [-0.25, -0.2) is 4.39 Å². The second kappa shape index (κ2) is 4.63. The summed E-state index contributed by atoms with van der Waals surface area (Å²) in [5.41, 5.74) is 0.486. The molecular formula is C12H13FN2O2. The minimum atomic E-state index is -0.572. The lowest BCUT2D eigenvalue weighted by molar-refractivity contribution is -0.125. The summed E-state index contributed by atoms with van der Waals surface area (Å²) in [5.74, 6) is -0.969. The van der Waals surface area contributed by atoms with Crippen LogP contribution in [0.3, 0.4) is 0 Å². The van der Waals surface area contributed by atoms with Crippen molar-refractivity contribution in [3.63, 3.8) is 0 Å². The van der Waals surface area contributed by atoms with Gasteiger partial charge >= 0.3 is 0 Å². The van der Waals surface area contributed by atoms with Gasteiger partial charge in [0.25, 0.3) is 0 Å². The van der Waals surface area contributed by atoms with Gasteiger partial charge in [0.2, 0.25) is 11.8 Å². The minimum Gasteiger partial charge on any atom is -0.299 e. The van der Waals surface area contributed by atoms with Gasteiger partial charge in [-0.15, -0.1) is 0 Å². The van der Waals surface area contributed by atoms with E-state index in [9.17, 15) is 14.0 Å². The molecule has 2 atom stereocenters. The highest BCUT2D eigenvalue weighted by Crippen LogP contribution is 2.18. The highest BCUT2D eigenvalue weighted by molar-refractivity contribution is 6.05.